The number of aromatic amines is 1. The molecule has 0 atom stereocenters. The summed E-state index contributed by atoms with van der Waals surface area (Å²) in [7, 11) is 0. The smallest absolute Gasteiger partial charge is 0.348 e. The van der Waals surface area contributed by atoms with Crippen LogP contribution in [0.1, 0.15) is 0 Å². The average molecular weight is 365 g/mol. The second-order valence-corrected chi connectivity index (χ2v) is 5.69. The molecule has 0 aliphatic rings. The van der Waals surface area contributed by atoms with Gasteiger partial charge in [0.25, 0.3) is 0 Å². The number of nitrogens with zero attached hydrogens (tertiary/aromatic N) is 2. The standard InChI is InChI=1S/C10H7BrClN3O3S/c11-5-1-2-7(6(12)3-5)15-9(18)13-14-10(15)19-4-8(16)17/h1-3H,4H2,(H,13,18)(H,16,17). The molecule has 6 nitrogen and oxygen atoms in total. The van der Waals surface area contributed by atoms with E-state index in [9.17, 15) is 9.59 Å². The van der Waals surface area contributed by atoms with Gasteiger partial charge in [-0.15, -0.1) is 5.10 Å². The molecular weight excluding hydrogens is 358 g/mol. The summed E-state index contributed by atoms with van der Waals surface area (Å²) in [6.07, 6.45) is 0. The molecule has 0 aliphatic heterocycles. The van der Waals surface area contributed by atoms with Crippen molar-refractivity contribution in [3.05, 3.63) is 38.2 Å². The number of aliphatic carboxylic acids is 1. The van der Waals surface area contributed by atoms with Crippen LogP contribution in [0.25, 0.3) is 5.69 Å². The van der Waals surface area contributed by atoms with Crippen LogP contribution in [0.5, 0.6) is 0 Å². The number of benzene rings is 1. The molecule has 2 N–H and O–H groups in total. The summed E-state index contributed by atoms with van der Waals surface area (Å²) in [5, 5.41) is 15.3. The lowest BCUT2D eigenvalue weighted by molar-refractivity contribution is -0.133. The van der Waals surface area contributed by atoms with E-state index in [-0.39, 0.29) is 10.9 Å². The molecule has 0 saturated heterocycles. The van der Waals surface area contributed by atoms with E-state index < -0.39 is 11.7 Å². The van der Waals surface area contributed by atoms with E-state index >= 15 is 0 Å². The molecule has 100 valence electrons. The van der Waals surface area contributed by atoms with Crippen LogP contribution in [0.4, 0.5) is 0 Å². The summed E-state index contributed by atoms with van der Waals surface area (Å²) in [5.41, 5.74) is -0.0337. The van der Waals surface area contributed by atoms with E-state index in [2.05, 4.69) is 26.1 Å². The fourth-order valence-electron chi connectivity index (χ4n) is 1.38. The number of H-pyrrole nitrogens is 1. The minimum absolute atomic E-state index is 0.196. The van der Waals surface area contributed by atoms with Gasteiger partial charge in [0.2, 0.25) is 0 Å². The second kappa shape index (κ2) is 5.81. The van der Waals surface area contributed by atoms with Gasteiger partial charge in [0, 0.05) is 4.47 Å². The Labute approximate surface area is 124 Å². The van der Waals surface area contributed by atoms with Crippen molar-refractivity contribution >= 4 is 45.3 Å². The third-order valence-corrected chi connectivity index (χ3v) is 3.84. The van der Waals surface area contributed by atoms with Crippen LogP contribution in [-0.4, -0.2) is 31.6 Å². The maximum Gasteiger partial charge on any atom is 0.348 e. The highest BCUT2D eigenvalue weighted by Gasteiger charge is 2.15. The molecule has 1 aromatic heterocycles. The van der Waals surface area contributed by atoms with Crippen LogP contribution in [-0.2, 0) is 4.79 Å². The van der Waals surface area contributed by atoms with Gasteiger partial charge in [-0.1, -0.05) is 39.3 Å². The number of hydrogen-bond acceptors (Lipinski definition) is 4. The molecule has 1 heterocycles. The van der Waals surface area contributed by atoms with E-state index in [1.54, 1.807) is 18.2 Å². The first-order valence-electron chi connectivity index (χ1n) is 4.96. The van der Waals surface area contributed by atoms with Crippen LogP contribution in [0.3, 0.4) is 0 Å². The molecule has 0 aliphatic carbocycles. The maximum atomic E-state index is 11.7. The van der Waals surface area contributed by atoms with Gasteiger partial charge in [0.15, 0.2) is 5.16 Å². The minimum Gasteiger partial charge on any atom is -0.481 e. The monoisotopic (exact) mass is 363 g/mol. The molecule has 0 spiro atoms. The summed E-state index contributed by atoms with van der Waals surface area (Å²) < 4.78 is 2.01. The van der Waals surface area contributed by atoms with Gasteiger partial charge >= 0.3 is 11.7 Å². The van der Waals surface area contributed by atoms with Crippen molar-refractivity contribution in [3.8, 4) is 5.69 Å². The Morgan fingerprint density at radius 1 is 1.58 bits per heavy atom. The Morgan fingerprint density at radius 2 is 2.32 bits per heavy atom. The van der Waals surface area contributed by atoms with Crippen molar-refractivity contribution < 1.29 is 9.90 Å². The molecule has 1 aromatic carbocycles. The SMILES string of the molecule is O=C(O)CSc1n[nH]c(=O)n1-c1ccc(Br)cc1Cl. The molecule has 19 heavy (non-hydrogen) atoms. The second-order valence-electron chi connectivity index (χ2n) is 3.42. The van der Waals surface area contributed by atoms with Crippen LogP contribution in [0.15, 0.2) is 32.6 Å². The van der Waals surface area contributed by atoms with E-state index in [4.69, 9.17) is 16.7 Å². The van der Waals surface area contributed by atoms with Crippen molar-refractivity contribution in [3.63, 3.8) is 0 Å². The first kappa shape index (κ1) is 14.2. The van der Waals surface area contributed by atoms with Crippen molar-refractivity contribution in [1.82, 2.24) is 14.8 Å². The quantitative estimate of drug-likeness (QED) is 0.812. The largest absolute Gasteiger partial charge is 0.481 e. The number of thioether (sulfide) groups is 1. The average Bonchev–Trinajstić information content (AvgIpc) is 2.68. The van der Waals surface area contributed by atoms with E-state index in [0.717, 1.165) is 16.2 Å². The number of aromatic nitrogens is 3. The Hall–Kier alpha value is -1.25. The zero-order valence-corrected chi connectivity index (χ0v) is 12.4. The van der Waals surface area contributed by atoms with Gasteiger partial charge in [-0.25, -0.2) is 14.5 Å². The minimum atomic E-state index is -0.992. The zero-order valence-electron chi connectivity index (χ0n) is 9.26. The van der Waals surface area contributed by atoms with Crippen molar-refractivity contribution in [2.45, 2.75) is 5.16 Å². The Balaban J connectivity index is 2.46. The number of carbonyl (C=O) groups is 1. The van der Waals surface area contributed by atoms with E-state index in [1.807, 2.05) is 0 Å². The highest BCUT2D eigenvalue weighted by atomic mass is 79.9. The van der Waals surface area contributed by atoms with Gasteiger partial charge in [0.05, 0.1) is 16.5 Å². The normalized spacial score (nSPS) is 10.6. The first-order chi connectivity index (χ1) is 8.99. The van der Waals surface area contributed by atoms with Gasteiger partial charge in [-0.05, 0) is 18.2 Å². The summed E-state index contributed by atoms with van der Waals surface area (Å²) in [5.74, 6) is -1.19. The molecule has 0 amide bonds. The fraction of sp³-hybridized carbons (Fsp3) is 0.100. The topological polar surface area (TPSA) is 88.0 Å². The Morgan fingerprint density at radius 3 is 2.95 bits per heavy atom. The van der Waals surface area contributed by atoms with Crippen molar-refractivity contribution in [1.29, 1.82) is 0 Å². The molecule has 0 radical (unpaired) electrons. The lowest BCUT2D eigenvalue weighted by Gasteiger charge is -2.06. The van der Waals surface area contributed by atoms with Gasteiger partial charge < -0.3 is 5.11 Å². The molecule has 2 rings (SSSR count). The fourth-order valence-corrected chi connectivity index (χ4v) is 2.81. The predicted octanol–water partition coefficient (Wildman–Crippen LogP) is 2.15. The third kappa shape index (κ3) is 3.20. The highest BCUT2D eigenvalue weighted by Crippen LogP contribution is 2.26. The molecule has 0 bridgehead atoms. The lowest BCUT2D eigenvalue weighted by Crippen LogP contribution is -2.16. The highest BCUT2D eigenvalue weighted by molar-refractivity contribution is 9.10. The van der Waals surface area contributed by atoms with Crippen LogP contribution in [0, 0.1) is 0 Å². The Bertz CT molecular complexity index is 685. The molecule has 2 aromatic rings. The van der Waals surface area contributed by atoms with E-state index in [1.165, 1.54) is 4.57 Å². The van der Waals surface area contributed by atoms with Crippen LogP contribution >= 0.6 is 39.3 Å². The lowest BCUT2D eigenvalue weighted by atomic mass is 10.3. The van der Waals surface area contributed by atoms with Crippen LogP contribution < -0.4 is 5.69 Å². The number of carboxylic acids is 1. The van der Waals surface area contributed by atoms with Gasteiger partial charge in [-0.3, -0.25) is 4.79 Å². The van der Waals surface area contributed by atoms with Gasteiger partial charge in [0.1, 0.15) is 0 Å². The number of halogens is 2. The predicted molar refractivity (Wildman–Crippen MR) is 75.3 cm³/mol. The number of carboxylic acid groups (broad SMARTS) is 1. The molecular formula is C10H7BrClN3O3S. The summed E-state index contributed by atoms with van der Waals surface area (Å²) >= 11 is 10.3. The summed E-state index contributed by atoms with van der Waals surface area (Å²) in [6, 6.07) is 5.02. The number of hydrogen-bond donors (Lipinski definition) is 2. The third-order valence-electron chi connectivity index (χ3n) is 2.12. The van der Waals surface area contributed by atoms with E-state index in [0.29, 0.717) is 10.7 Å². The van der Waals surface area contributed by atoms with Gasteiger partial charge in [-0.2, -0.15) is 0 Å². The van der Waals surface area contributed by atoms with Crippen molar-refractivity contribution in [2.75, 3.05) is 5.75 Å². The van der Waals surface area contributed by atoms with Crippen LogP contribution in [0.2, 0.25) is 5.02 Å². The molecule has 0 saturated carbocycles. The number of nitrogens with one attached hydrogen (secondary N) is 1. The zero-order chi connectivity index (χ0) is 14.0. The maximum absolute atomic E-state index is 11.7. The summed E-state index contributed by atoms with van der Waals surface area (Å²) in [6.45, 7) is 0. The molecule has 9 heteroatoms. The Kier molecular flexibility index (Phi) is 4.33. The summed E-state index contributed by atoms with van der Waals surface area (Å²) in [4.78, 5) is 22.3. The molecule has 0 fully saturated rings. The number of rotatable bonds is 4. The first-order valence-corrected chi connectivity index (χ1v) is 7.12. The van der Waals surface area contributed by atoms with Crippen molar-refractivity contribution in [2.24, 2.45) is 0 Å². The molecule has 0 unspecified atom stereocenters.